The van der Waals surface area contributed by atoms with Crippen molar-refractivity contribution in [2.24, 2.45) is 0 Å². The number of nitrogens with zero attached hydrogens (tertiary/aromatic N) is 2. The van der Waals surface area contributed by atoms with Crippen LogP contribution < -0.4 is 16.6 Å². The second-order valence-corrected chi connectivity index (χ2v) is 6.65. The Morgan fingerprint density at radius 2 is 2.14 bits per heavy atom. The number of hydrogen-bond acceptors (Lipinski definition) is 7. The molecule has 1 aliphatic rings. The quantitative estimate of drug-likeness (QED) is 0.454. The highest BCUT2D eigenvalue weighted by Crippen LogP contribution is 2.17. The maximum Gasteiger partial charge on any atom is 0.328 e. The first-order valence-corrected chi connectivity index (χ1v) is 8.90. The first-order chi connectivity index (χ1) is 13.4. The summed E-state index contributed by atoms with van der Waals surface area (Å²) in [5.41, 5.74) is -0.242. The molecule has 1 aliphatic heterocycles. The Bertz CT molecular complexity index is 912. The van der Waals surface area contributed by atoms with Gasteiger partial charge in [-0.05, 0) is 18.1 Å². The number of rotatable bonds is 6. The lowest BCUT2D eigenvalue weighted by atomic mass is 9.97. The third kappa shape index (κ3) is 4.91. The monoisotopic (exact) mass is 390 g/mol. The van der Waals surface area contributed by atoms with Crippen molar-refractivity contribution in [3.05, 3.63) is 63.2 Å². The molecule has 4 atom stereocenters. The molecule has 3 rings (SSSR count). The zero-order chi connectivity index (χ0) is 20.1. The van der Waals surface area contributed by atoms with Crippen molar-refractivity contribution < 1.29 is 19.7 Å². The van der Waals surface area contributed by atoms with Gasteiger partial charge in [-0.15, -0.1) is 0 Å². The molecule has 28 heavy (non-hydrogen) atoms. The molecule has 0 aliphatic carbocycles. The normalized spacial score (nSPS) is 24.6. The number of ether oxygens (including phenoxy) is 1. The Hall–Kier alpha value is -2.82. The van der Waals surface area contributed by atoms with Gasteiger partial charge in [0.25, 0.3) is 5.56 Å². The molecule has 10 nitrogen and oxygen atoms in total. The first kappa shape index (κ1) is 19.9. The predicted molar refractivity (Wildman–Crippen MR) is 97.6 cm³/mol. The number of carbonyl (C=O) groups excluding carboxylic acids is 1. The summed E-state index contributed by atoms with van der Waals surface area (Å²) in [7, 11) is 0. The molecule has 2 aromatic heterocycles. The smallest absolute Gasteiger partial charge is 0.328 e. The van der Waals surface area contributed by atoms with E-state index >= 15 is 0 Å². The van der Waals surface area contributed by atoms with Crippen molar-refractivity contribution >= 4 is 5.91 Å². The molecule has 0 aromatic carbocycles. The number of aliphatic hydroxyl groups excluding tert-OH is 2. The molecule has 3 heterocycles. The molecule has 0 unspecified atom stereocenters. The number of aromatic amines is 1. The second-order valence-electron chi connectivity index (χ2n) is 6.65. The fraction of sp³-hybridized carbons (Fsp3) is 0.444. The van der Waals surface area contributed by atoms with Gasteiger partial charge in [-0.3, -0.25) is 24.1 Å². The van der Waals surface area contributed by atoms with Gasteiger partial charge >= 0.3 is 5.69 Å². The lowest BCUT2D eigenvalue weighted by Gasteiger charge is -2.38. The highest BCUT2D eigenvalue weighted by molar-refractivity contribution is 5.76. The number of aromatic nitrogens is 3. The standard InChI is InChI=1S/C18H22N4O6/c23-14(4-3-11-2-1-6-19-8-11)20-12-10-28-13(17(26)16(12)25)9-22-7-5-15(24)21-18(22)27/h1-2,5-8,12-13,16-17,25-26H,3-4,9-10H2,(H,20,23)(H,21,24,27)/t12-,13-,16+,17-/m1/s1. The van der Waals surface area contributed by atoms with E-state index in [4.69, 9.17) is 4.74 Å². The molecule has 150 valence electrons. The van der Waals surface area contributed by atoms with E-state index in [1.54, 1.807) is 18.5 Å². The zero-order valence-electron chi connectivity index (χ0n) is 15.0. The number of amides is 1. The molecule has 1 saturated heterocycles. The number of carbonyl (C=O) groups is 1. The summed E-state index contributed by atoms with van der Waals surface area (Å²) in [5.74, 6) is -0.279. The minimum atomic E-state index is -1.31. The van der Waals surface area contributed by atoms with E-state index in [1.165, 1.54) is 16.8 Å². The number of nitrogens with one attached hydrogen (secondary N) is 2. The second kappa shape index (κ2) is 8.91. The van der Waals surface area contributed by atoms with Crippen LogP contribution in [0.25, 0.3) is 0 Å². The number of hydrogen-bond donors (Lipinski definition) is 4. The van der Waals surface area contributed by atoms with E-state index in [2.05, 4.69) is 15.3 Å². The predicted octanol–water partition coefficient (Wildman–Crippen LogP) is -1.83. The van der Waals surface area contributed by atoms with E-state index in [0.29, 0.717) is 6.42 Å². The van der Waals surface area contributed by atoms with E-state index in [9.17, 15) is 24.6 Å². The van der Waals surface area contributed by atoms with Crippen LogP contribution in [0.3, 0.4) is 0 Å². The van der Waals surface area contributed by atoms with Crippen molar-refractivity contribution in [2.45, 2.75) is 43.7 Å². The fourth-order valence-corrected chi connectivity index (χ4v) is 3.03. The third-order valence-electron chi connectivity index (χ3n) is 4.62. The van der Waals surface area contributed by atoms with E-state index in [-0.39, 0.29) is 25.5 Å². The summed E-state index contributed by atoms with van der Waals surface area (Å²) in [4.78, 5) is 41.1. The highest BCUT2D eigenvalue weighted by atomic mass is 16.5. The van der Waals surface area contributed by atoms with Crippen molar-refractivity contribution in [1.29, 1.82) is 0 Å². The van der Waals surface area contributed by atoms with Crippen molar-refractivity contribution in [3.63, 3.8) is 0 Å². The van der Waals surface area contributed by atoms with Crippen molar-refractivity contribution in [2.75, 3.05) is 6.61 Å². The van der Waals surface area contributed by atoms with Gasteiger partial charge in [-0.2, -0.15) is 0 Å². The van der Waals surface area contributed by atoms with Gasteiger partial charge in [-0.25, -0.2) is 4.79 Å². The van der Waals surface area contributed by atoms with Crippen LogP contribution in [0.15, 0.2) is 46.4 Å². The van der Waals surface area contributed by atoms with Gasteiger partial charge in [0.05, 0.1) is 19.2 Å². The molecule has 0 saturated carbocycles. The number of pyridine rings is 1. The summed E-state index contributed by atoms with van der Waals surface area (Å²) < 4.78 is 6.72. The Morgan fingerprint density at radius 3 is 2.86 bits per heavy atom. The van der Waals surface area contributed by atoms with E-state index < -0.39 is 35.6 Å². The third-order valence-corrected chi connectivity index (χ3v) is 4.62. The van der Waals surface area contributed by atoms with Gasteiger partial charge in [0.2, 0.25) is 5.91 Å². The first-order valence-electron chi connectivity index (χ1n) is 8.90. The highest BCUT2D eigenvalue weighted by Gasteiger charge is 2.39. The number of aryl methyl sites for hydroxylation is 1. The van der Waals surface area contributed by atoms with Crippen LogP contribution in [0, 0.1) is 0 Å². The summed E-state index contributed by atoms with van der Waals surface area (Å²) in [6.07, 6.45) is 1.91. The molecule has 4 N–H and O–H groups in total. The van der Waals surface area contributed by atoms with Crippen LogP contribution >= 0.6 is 0 Å². The Labute approximate surface area is 159 Å². The van der Waals surface area contributed by atoms with Gasteiger partial charge in [-0.1, -0.05) is 6.07 Å². The van der Waals surface area contributed by atoms with Crippen LogP contribution in [0.5, 0.6) is 0 Å². The SMILES string of the molecule is O=C(CCc1cccnc1)N[C@@H]1CO[C@H](Cn2ccc(=O)[nH]c2=O)[C@@H](O)[C@H]1O. The van der Waals surface area contributed by atoms with Crippen LogP contribution in [-0.2, 0) is 22.5 Å². The molecular weight excluding hydrogens is 368 g/mol. The molecule has 1 amide bonds. The van der Waals surface area contributed by atoms with E-state index in [0.717, 1.165) is 5.56 Å². The average Bonchev–Trinajstić information content (AvgIpc) is 2.68. The number of H-pyrrole nitrogens is 1. The molecule has 10 heteroatoms. The lowest BCUT2D eigenvalue weighted by molar-refractivity contribution is -0.158. The minimum absolute atomic E-state index is 0.0143. The Balaban J connectivity index is 1.53. The molecule has 0 radical (unpaired) electrons. The van der Waals surface area contributed by atoms with Crippen molar-refractivity contribution in [3.8, 4) is 0 Å². The molecular formula is C18H22N4O6. The van der Waals surface area contributed by atoms with Gasteiger partial charge in [0.1, 0.15) is 18.3 Å². The zero-order valence-corrected chi connectivity index (χ0v) is 15.0. The van der Waals surface area contributed by atoms with Crippen LogP contribution in [0.1, 0.15) is 12.0 Å². The van der Waals surface area contributed by atoms with E-state index in [1.807, 2.05) is 6.07 Å². The van der Waals surface area contributed by atoms with Crippen LogP contribution in [0.2, 0.25) is 0 Å². The van der Waals surface area contributed by atoms with Gasteiger partial charge in [0.15, 0.2) is 0 Å². The summed E-state index contributed by atoms with van der Waals surface area (Å²) in [6.45, 7) is -0.0604. The molecule has 1 fully saturated rings. The maximum atomic E-state index is 12.1. The number of aliphatic hydroxyl groups is 2. The Kier molecular flexibility index (Phi) is 6.34. The molecule has 2 aromatic rings. The molecule has 0 bridgehead atoms. The molecule has 0 spiro atoms. The summed E-state index contributed by atoms with van der Waals surface area (Å²) in [5, 5.41) is 23.3. The minimum Gasteiger partial charge on any atom is -0.388 e. The Morgan fingerprint density at radius 1 is 1.32 bits per heavy atom. The van der Waals surface area contributed by atoms with Crippen LogP contribution in [0.4, 0.5) is 0 Å². The maximum absolute atomic E-state index is 12.1. The largest absolute Gasteiger partial charge is 0.388 e. The fourth-order valence-electron chi connectivity index (χ4n) is 3.03. The topological polar surface area (TPSA) is 147 Å². The van der Waals surface area contributed by atoms with Gasteiger partial charge < -0.3 is 20.3 Å². The summed E-state index contributed by atoms with van der Waals surface area (Å²) >= 11 is 0. The lowest BCUT2D eigenvalue weighted by Crippen LogP contribution is -2.60. The van der Waals surface area contributed by atoms with Crippen LogP contribution in [-0.4, -0.2) is 61.6 Å². The van der Waals surface area contributed by atoms with Crippen molar-refractivity contribution in [1.82, 2.24) is 19.9 Å². The van der Waals surface area contributed by atoms with Gasteiger partial charge in [0, 0.05) is 31.1 Å². The summed E-state index contributed by atoms with van der Waals surface area (Å²) in [6, 6.07) is 4.07. The average molecular weight is 390 g/mol.